The van der Waals surface area contributed by atoms with E-state index in [-0.39, 0.29) is 25.0 Å². The fourth-order valence-electron chi connectivity index (χ4n) is 1.25. The summed E-state index contributed by atoms with van der Waals surface area (Å²) in [6.07, 6.45) is 0. The van der Waals surface area contributed by atoms with E-state index in [9.17, 15) is 9.59 Å². The lowest BCUT2D eigenvalue weighted by atomic mass is 10.2. The summed E-state index contributed by atoms with van der Waals surface area (Å²) in [4.78, 5) is 24.4. The van der Waals surface area contributed by atoms with Crippen LogP contribution in [0.2, 0.25) is 0 Å². The van der Waals surface area contributed by atoms with Crippen molar-refractivity contribution in [2.75, 3.05) is 27.2 Å². The van der Waals surface area contributed by atoms with E-state index in [1.54, 1.807) is 38.4 Å². The van der Waals surface area contributed by atoms with Gasteiger partial charge in [-0.25, -0.2) is 0 Å². The molecule has 0 bridgehead atoms. The second-order valence-electron chi connectivity index (χ2n) is 4.24. The predicted molar refractivity (Wildman–Crippen MR) is 79.5 cm³/mol. The summed E-state index contributed by atoms with van der Waals surface area (Å²) < 4.78 is 5.27. The molecule has 1 aromatic carbocycles. The Hall–Kier alpha value is -2.15. The molecule has 108 valence electrons. The van der Waals surface area contributed by atoms with E-state index in [4.69, 9.17) is 22.7 Å². The molecule has 0 heterocycles. The molecule has 0 aliphatic heterocycles. The Morgan fingerprint density at radius 1 is 1.30 bits per heavy atom. The van der Waals surface area contributed by atoms with Gasteiger partial charge in [-0.05, 0) is 24.3 Å². The summed E-state index contributed by atoms with van der Waals surface area (Å²) in [6.45, 7) is -0.206. The van der Waals surface area contributed by atoms with Gasteiger partial charge < -0.3 is 20.7 Å². The van der Waals surface area contributed by atoms with Gasteiger partial charge in [0.25, 0.3) is 5.91 Å². The molecular formula is C13H17N3O3S. The molecule has 20 heavy (non-hydrogen) atoms. The third-order valence-corrected chi connectivity index (χ3v) is 2.68. The van der Waals surface area contributed by atoms with Crippen molar-refractivity contribution < 1.29 is 14.3 Å². The van der Waals surface area contributed by atoms with Crippen molar-refractivity contribution in [2.24, 2.45) is 5.73 Å². The molecule has 7 heteroatoms. The number of hydrogen-bond donors (Lipinski definition) is 2. The lowest BCUT2D eigenvalue weighted by Crippen LogP contribution is -2.38. The number of likely N-dealkylation sites (N-methyl/N-ethyl adjacent to an activating group) is 1. The quantitative estimate of drug-likeness (QED) is 0.716. The normalized spacial score (nSPS) is 9.70. The Morgan fingerprint density at radius 3 is 2.40 bits per heavy atom. The summed E-state index contributed by atoms with van der Waals surface area (Å²) >= 11 is 4.83. The van der Waals surface area contributed by atoms with E-state index >= 15 is 0 Å². The average Bonchev–Trinajstić information content (AvgIpc) is 2.42. The summed E-state index contributed by atoms with van der Waals surface area (Å²) in [6, 6.07) is 6.77. The Balaban J connectivity index is 2.37. The predicted octanol–water partition coefficient (Wildman–Crippen LogP) is -0.0960. The van der Waals surface area contributed by atoms with Crippen LogP contribution in [0.3, 0.4) is 0 Å². The van der Waals surface area contributed by atoms with Gasteiger partial charge >= 0.3 is 0 Å². The fraction of sp³-hybridized carbons (Fsp3) is 0.308. The summed E-state index contributed by atoms with van der Waals surface area (Å²) in [5.74, 6) is -0.0168. The second-order valence-corrected chi connectivity index (χ2v) is 4.68. The molecule has 6 nitrogen and oxygen atoms in total. The number of nitrogens with zero attached hydrogens (tertiary/aromatic N) is 1. The van der Waals surface area contributed by atoms with Gasteiger partial charge in [-0.1, -0.05) is 12.2 Å². The lowest BCUT2D eigenvalue weighted by molar-refractivity contribution is -0.131. The van der Waals surface area contributed by atoms with Gasteiger partial charge in [-0.2, -0.15) is 0 Å². The van der Waals surface area contributed by atoms with Crippen LogP contribution >= 0.6 is 12.2 Å². The van der Waals surface area contributed by atoms with E-state index in [2.05, 4.69) is 5.32 Å². The van der Waals surface area contributed by atoms with Crippen LogP contribution in [0.4, 0.5) is 0 Å². The van der Waals surface area contributed by atoms with Crippen LogP contribution in [0.5, 0.6) is 5.75 Å². The molecule has 2 amide bonds. The number of carbonyl (C=O) groups is 2. The molecule has 0 atom stereocenters. The number of nitrogens with one attached hydrogen (secondary N) is 1. The SMILES string of the molecule is CN(C)C(=O)CNC(=O)COc1ccc(C(N)=S)cc1. The monoisotopic (exact) mass is 295 g/mol. The highest BCUT2D eigenvalue weighted by molar-refractivity contribution is 7.80. The van der Waals surface area contributed by atoms with Gasteiger partial charge in [0.1, 0.15) is 10.7 Å². The highest BCUT2D eigenvalue weighted by Gasteiger charge is 2.07. The summed E-state index contributed by atoms with van der Waals surface area (Å²) in [7, 11) is 3.24. The number of hydrogen-bond acceptors (Lipinski definition) is 4. The third kappa shape index (κ3) is 5.23. The van der Waals surface area contributed by atoms with Crippen LogP contribution in [0.1, 0.15) is 5.56 Å². The van der Waals surface area contributed by atoms with Crippen LogP contribution < -0.4 is 15.8 Å². The molecule has 0 fully saturated rings. The molecule has 0 aliphatic carbocycles. The zero-order valence-electron chi connectivity index (χ0n) is 11.4. The van der Waals surface area contributed by atoms with Gasteiger partial charge in [0.05, 0.1) is 6.54 Å². The molecule has 0 unspecified atom stereocenters. The van der Waals surface area contributed by atoms with Crippen LogP contribution in [-0.2, 0) is 9.59 Å². The number of nitrogens with two attached hydrogens (primary N) is 1. The van der Waals surface area contributed by atoms with Gasteiger partial charge in [-0.3, -0.25) is 9.59 Å². The Kier molecular flexibility index (Phi) is 5.92. The zero-order valence-corrected chi connectivity index (χ0v) is 12.2. The van der Waals surface area contributed by atoms with Crippen molar-refractivity contribution in [3.63, 3.8) is 0 Å². The Labute approximate surface area is 122 Å². The van der Waals surface area contributed by atoms with E-state index in [0.29, 0.717) is 10.7 Å². The van der Waals surface area contributed by atoms with Crippen molar-refractivity contribution in [3.05, 3.63) is 29.8 Å². The zero-order chi connectivity index (χ0) is 15.1. The van der Waals surface area contributed by atoms with E-state index < -0.39 is 0 Å². The summed E-state index contributed by atoms with van der Waals surface area (Å²) in [5.41, 5.74) is 6.20. The second kappa shape index (κ2) is 7.44. The Morgan fingerprint density at radius 2 is 1.90 bits per heavy atom. The van der Waals surface area contributed by atoms with Crippen molar-refractivity contribution in [1.82, 2.24) is 10.2 Å². The first-order valence-electron chi connectivity index (χ1n) is 5.89. The average molecular weight is 295 g/mol. The van der Waals surface area contributed by atoms with Gasteiger partial charge in [0.2, 0.25) is 5.91 Å². The number of thiocarbonyl (C=S) groups is 1. The van der Waals surface area contributed by atoms with Gasteiger partial charge in [0, 0.05) is 19.7 Å². The minimum atomic E-state index is -0.362. The molecular weight excluding hydrogens is 278 g/mol. The molecule has 0 radical (unpaired) electrons. The first-order valence-corrected chi connectivity index (χ1v) is 6.30. The van der Waals surface area contributed by atoms with Crippen LogP contribution in [0, 0.1) is 0 Å². The lowest BCUT2D eigenvalue weighted by Gasteiger charge is -2.11. The van der Waals surface area contributed by atoms with Gasteiger partial charge in [-0.15, -0.1) is 0 Å². The van der Waals surface area contributed by atoms with Gasteiger partial charge in [0.15, 0.2) is 6.61 Å². The Bertz CT molecular complexity index is 500. The van der Waals surface area contributed by atoms with E-state index in [0.717, 1.165) is 5.56 Å². The van der Waals surface area contributed by atoms with Crippen molar-refractivity contribution in [2.45, 2.75) is 0 Å². The molecule has 0 aliphatic rings. The smallest absolute Gasteiger partial charge is 0.258 e. The standard InChI is InChI=1S/C13H17N3O3S/c1-16(2)12(18)7-15-11(17)8-19-10-5-3-9(4-6-10)13(14)20/h3-6H,7-8H2,1-2H3,(H2,14,20)(H,15,17). The number of ether oxygens (including phenoxy) is 1. The molecule has 0 aromatic heterocycles. The maximum absolute atomic E-state index is 11.5. The molecule has 0 saturated carbocycles. The first kappa shape index (κ1) is 15.9. The van der Waals surface area contributed by atoms with Crippen molar-refractivity contribution >= 4 is 29.0 Å². The first-order chi connectivity index (χ1) is 9.40. The van der Waals surface area contributed by atoms with Crippen LogP contribution in [0.15, 0.2) is 24.3 Å². The maximum atomic E-state index is 11.5. The number of rotatable bonds is 6. The third-order valence-electron chi connectivity index (χ3n) is 2.44. The van der Waals surface area contributed by atoms with Crippen LogP contribution in [-0.4, -0.2) is 48.9 Å². The fourth-order valence-corrected chi connectivity index (χ4v) is 1.38. The van der Waals surface area contributed by atoms with Crippen molar-refractivity contribution in [1.29, 1.82) is 0 Å². The highest BCUT2D eigenvalue weighted by atomic mass is 32.1. The molecule has 0 spiro atoms. The minimum absolute atomic E-state index is 0.0461. The van der Waals surface area contributed by atoms with Crippen LogP contribution in [0.25, 0.3) is 0 Å². The largest absolute Gasteiger partial charge is 0.484 e. The minimum Gasteiger partial charge on any atom is -0.484 e. The number of amides is 2. The topological polar surface area (TPSA) is 84.7 Å². The number of carbonyl (C=O) groups excluding carboxylic acids is 2. The number of benzene rings is 1. The molecule has 0 saturated heterocycles. The highest BCUT2D eigenvalue weighted by Crippen LogP contribution is 2.11. The molecule has 1 rings (SSSR count). The van der Waals surface area contributed by atoms with Crippen molar-refractivity contribution in [3.8, 4) is 5.75 Å². The molecule has 3 N–H and O–H groups in total. The summed E-state index contributed by atoms with van der Waals surface area (Å²) in [5, 5.41) is 2.47. The maximum Gasteiger partial charge on any atom is 0.258 e. The van der Waals surface area contributed by atoms with E-state index in [1.165, 1.54) is 4.90 Å². The molecule has 1 aromatic rings. The van der Waals surface area contributed by atoms with E-state index in [1.807, 2.05) is 0 Å².